The number of benzene rings is 1. The predicted octanol–water partition coefficient (Wildman–Crippen LogP) is 1.71. The lowest BCUT2D eigenvalue weighted by Crippen LogP contribution is -2.44. The Morgan fingerprint density at radius 1 is 1.22 bits per heavy atom. The molecule has 0 bridgehead atoms. The first-order chi connectivity index (χ1) is 11.0. The molecular weight excluding hydrogens is 296 g/mol. The van der Waals surface area contributed by atoms with Gasteiger partial charge in [0.1, 0.15) is 17.8 Å². The molecule has 0 radical (unpaired) electrons. The van der Waals surface area contributed by atoms with Crippen LogP contribution in [0.1, 0.15) is 31.2 Å². The van der Waals surface area contributed by atoms with E-state index in [1.54, 1.807) is 0 Å². The normalized spacial score (nSPS) is 36.7. The predicted molar refractivity (Wildman–Crippen MR) is 79.9 cm³/mol. The van der Waals surface area contributed by atoms with Crippen molar-refractivity contribution in [3.63, 3.8) is 0 Å². The molecule has 4 atom stereocenters. The first-order valence-electron chi connectivity index (χ1n) is 7.84. The molecule has 0 spiro atoms. The molecule has 2 aromatic rings. The van der Waals surface area contributed by atoms with Gasteiger partial charge in [0.05, 0.1) is 11.4 Å². The number of ether oxygens (including phenoxy) is 3. The van der Waals surface area contributed by atoms with Crippen LogP contribution < -0.4 is 0 Å². The van der Waals surface area contributed by atoms with Gasteiger partial charge in [0.25, 0.3) is 0 Å². The van der Waals surface area contributed by atoms with Crippen LogP contribution in [0.4, 0.5) is 0 Å². The van der Waals surface area contributed by atoms with E-state index in [9.17, 15) is 5.11 Å². The van der Waals surface area contributed by atoms with E-state index in [4.69, 9.17) is 14.2 Å². The minimum atomic E-state index is -1.11. The van der Waals surface area contributed by atoms with E-state index < -0.39 is 29.9 Å². The van der Waals surface area contributed by atoms with Crippen molar-refractivity contribution in [2.75, 3.05) is 0 Å². The van der Waals surface area contributed by atoms with Gasteiger partial charge in [-0.25, -0.2) is 4.68 Å². The van der Waals surface area contributed by atoms with E-state index in [1.807, 2.05) is 55.1 Å². The molecule has 5 rings (SSSR count). The van der Waals surface area contributed by atoms with Crippen LogP contribution in [0.15, 0.2) is 36.5 Å². The van der Waals surface area contributed by atoms with Gasteiger partial charge in [0.2, 0.25) is 0 Å². The van der Waals surface area contributed by atoms with E-state index in [0.717, 1.165) is 16.9 Å². The number of rotatable bonds is 1. The van der Waals surface area contributed by atoms with Crippen molar-refractivity contribution in [3.8, 4) is 5.69 Å². The number of hydrogen-bond donors (Lipinski definition) is 1. The SMILES string of the molecule is CC1(C)O[C@H]2O[C@@H]3c4nn(-c5ccccc5)cc4C[C@]3(O)[C@H]2O1. The Labute approximate surface area is 133 Å². The fourth-order valence-corrected chi connectivity index (χ4v) is 3.86. The first kappa shape index (κ1) is 13.7. The Morgan fingerprint density at radius 3 is 2.78 bits per heavy atom. The third-order valence-electron chi connectivity index (χ3n) is 4.84. The van der Waals surface area contributed by atoms with E-state index in [0.29, 0.717) is 6.42 Å². The minimum Gasteiger partial charge on any atom is -0.383 e. The van der Waals surface area contributed by atoms with Gasteiger partial charge in [-0.1, -0.05) is 18.2 Å². The maximum absolute atomic E-state index is 11.1. The quantitative estimate of drug-likeness (QED) is 0.868. The average molecular weight is 314 g/mol. The average Bonchev–Trinajstić information content (AvgIpc) is 3.17. The molecule has 3 heterocycles. The largest absolute Gasteiger partial charge is 0.383 e. The Kier molecular flexibility index (Phi) is 2.51. The molecule has 6 nitrogen and oxygen atoms in total. The highest BCUT2D eigenvalue weighted by molar-refractivity contribution is 5.39. The lowest BCUT2D eigenvalue weighted by molar-refractivity contribution is -0.228. The minimum absolute atomic E-state index is 0.459. The maximum Gasteiger partial charge on any atom is 0.191 e. The number of nitrogens with zero attached hydrogens (tertiary/aromatic N) is 2. The first-order valence-corrected chi connectivity index (χ1v) is 7.84. The number of aromatic nitrogens is 2. The summed E-state index contributed by atoms with van der Waals surface area (Å²) in [6.45, 7) is 3.66. The summed E-state index contributed by atoms with van der Waals surface area (Å²) in [5, 5.41) is 15.8. The summed E-state index contributed by atoms with van der Waals surface area (Å²) in [5.41, 5.74) is 1.65. The summed E-state index contributed by atoms with van der Waals surface area (Å²) < 4.78 is 19.4. The number of fused-ring (bicyclic) bond motifs is 5. The van der Waals surface area contributed by atoms with E-state index in [1.165, 1.54) is 0 Å². The maximum atomic E-state index is 11.1. The summed E-state index contributed by atoms with van der Waals surface area (Å²) in [6, 6.07) is 9.90. The topological polar surface area (TPSA) is 65.7 Å². The van der Waals surface area contributed by atoms with Crippen molar-refractivity contribution in [3.05, 3.63) is 47.8 Å². The molecule has 6 heteroatoms. The van der Waals surface area contributed by atoms with Crippen molar-refractivity contribution >= 4 is 0 Å². The zero-order valence-electron chi connectivity index (χ0n) is 13.0. The summed E-state index contributed by atoms with van der Waals surface area (Å²) in [4.78, 5) is 0. The lowest BCUT2D eigenvalue weighted by atomic mass is 9.93. The number of para-hydroxylation sites is 1. The van der Waals surface area contributed by atoms with Crippen LogP contribution >= 0.6 is 0 Å². The van der Waals surface area contributed by atoms with Gasteiger partial charge in [0.15, 0.2) is 12.1 Å². The molecule has 1 aromatic heterocycles. The number of aliphatic hydroxyl groups is 1. The van der Waals surface area contributed by atoms with Gasteiger partial charge < -0.3 is 19.3 Å². The van der Waals surface area contributed by atoms with Gasteiger partial charge in [0, 0.05) is 12.6 Å². The van der Waals surface area contributed by atoms with Crippen molar-refractivity contribution < 1.29 is 19.3 Å². The molecular formula is C17H18N2O4. The van der Waals surface area contributed by atoms with Crippen LogP contribution in [0.25, 0.3) is 5.69 Å². The van der Waals surface area contributed by atoms with Gasteiger partial charge in [-0.05, 0) is 31.5 Å². The van der Waals surface area contributed by atoms with Crippen LogP contribution in [0.5, 0.6) is 0 Å². The molecule has 2 fully saturated rings. The molecule has 0 amide bonds. The summed E-state index contributed by atoms with van der Waals surface area (Å²) >= 11 is 0. The molecule has 120 valence electrons. The lowest BCUT2D eigenvalue weighted by Gasteiger charge is -2.28. The van der Waals surface area contributed by atoms with Crippen LogP contribution in [0.2, 0.25) is 0 Å². The zero-order valence-corrected chi connectivity index (χ0v) is 13.0. The second kappa shape index (κ2) is 4.21. The molecule has 0 unspecified atom stereocenters. The second-order valence-electron chi connectivity index (χ2n) is 6.93. The smallest absolute Gasteiger partial charge is 0.191 e. The van der Waals surface area contributed by atoms with Crippen LogP contribution in [-0.2, 0) is 20.6 Å². The van der Waals surface area contributed by atoms with Crippen molar-refractivity contribution in [1.82, 2.24) is 9.78 Å². The van der Waals surface area contributed by atoms with Crippen molar-refractivity contribution in [2.45, 2.75) is 50.2 Å². The van der Waals surface area contributed by atoms with Crippen LogP contribution in [0.3, 0.4) is 0 Å². The second-order valence-corrected chi connectivity index (χ2v) is 6.93. The highest BCUT2D eigenvalue weighted by Crippen LogP contribution is 2.54. The third kappa shape index (κ3) is 1.80. The van der Waals surface area contributed by atoms with E-state index in [2.05, 4.69) is 5.10 Å². The van der Waals surface area contributed by atoms with Gasteiger partial charge in [-0.3, -0.25) is 0 Å². The zero-order chi connectivity index (χ0) is 15.8. The van der Waals surface area contributed by atoms with E-state index >= 15 is 0 Å². The summed E-state index contributed by atoms with van der Waals surface area (Å²) in [7, 11) is 0. The standard InChI is InChI=1S/C17H18N2O4/c1-16(2)22-14-15(23-16)21-13-12-10(8-17(13,14)20)9-19(18-12)11-6-4-3-5-7-11/h3-7,9,13-15,20H,8H2,1-2H3/t13-,14+,15-,17-/m1/s1. The Bertz CT molecular complexity index is 772. The van der Waals surface area contributed by atoms with Crippen LogP contribution in [0, 0.1) is 0 Å². The Balaban J connectivity index is 1.51. The molecule has 2 saturated heterocycles. The Hall–Kier alpha value is -1.73. The van der Waals surface area contributed by atoms with Gasteiger partial charge in [-0.2, -0.15) is 5.10 Å². The summed E-state index contributed by atoms with van der Waals surface area (Å²) in [5.74, 6) is -0.736. The fraction of sp³-hybridized carbons (Fsp3) is 0.471. The van der Waals surface area contributed by atoms with Crippen LogP contribution in [-0.4, -0.2) is 38.7 Å². The third-order valence-corrected chi connectivity index (χ3v) is 4.84. The molecule has 1 aliphatic carbocycles. The molecule has 3 aliphatic rings. The van der Waals surface area contributed by atoms with Gasteiger partial charge in [-0.15, -0.1) is 0 Å². The van der Waals surface area contributed by atoms with Crippen molar-refractivity contribution in [1.29, 1.82) is 0 Å². The highest BCUT2D eigenvalue weighted by Gasteiger charge is 2.67. The monoisotopic (exact) mass is 314 g/mol. The molecule has 23 heavy (non-hydrogen) atoms. The Morgan fingerprint density at radius 2 is 2.00 bits per heavy atom. The number of hydrogen-bond acceptors (Lipinski definition) is 5. The molecule has 2 aliphatic heterocycles. The summed E-state index contributed by atoms with van der Waals surface area (Å²) in [6.07, 6.45) is 0.881. The molecule has 0 saturated carbocycles. The molecule has 1 N–H and O–H groups in total. The van der Waals surface area contributed by atoms with E-state index in [-0.39, 0.29) is 0 Å². The molecule has 1 aromatic carbocycles. The fourth-order valence-electron chi connectivity index (χ4n) is 3.86. The van der Waals surface area contributed by atoms with Gasteiger partial charge >= 0.3 is 0 Å². The highest BCUT2D eigenvalue weighted by atomic mass is 16.8. The van der Waals surface area contributed by atoms with Crippen molar-refractivity contribution in [2.24, 2.45) is 0 Å².